The Morgan fingerprint density at radius 3 is 1.07 bits per heavy atom. The minimum atomic E-state index is -0.271. The molecular formula is C20H40O8. The number of carbonyl (C=O) groups excluding carboxylic acids is 2. The van der Waals surface area contributed by atoms with Gasteiger partial charge in [0.25, 0.3) is 0 Å². The van der Waals surface area contributed by atoms with E-state index in [0.717, 1.165) is 38.9 Å². The molecule has 0 N–H and O–H groups in total. The molecule has 0 bridgehead atoms. The Hall–Kier alpha value is -1.22. The van der Waals surface area contributed by atoms with Crippen LogP contribution in [0.2, 0.25) is 0 Å². The van der Waals surface area contributed by atoms with Gasteiger partial charge in [-0.1, -0.05) is 26.7 Å². The molecule has 0 heterocycles. The van der Waals surface area contributed by atoms with E-state index in [0.29, 0.717) is 52.9 Å². The van der Waals surface area contributed by atoms with Gasteiger partial charge in [0.15, 0.2) is 0 Å². The van der Waals surface area contributed by atoms with Gasteiger partial charge in [0.2, 0.25) is 0 Å². The van der Waals surface area contributed by atoms with Crippen LogP contribution in [-0.4, -0.2) is 78.0 Å². The van der Waals surface area contributed by atoms with E-state index in [9.17, 15) is 9.59 Å². The van der Waals surface area contributed by atoms with Gasteiger partial charge < -0.3 is 28.4 Å². The van der Waals surface area contributed by atoms with Gasteiger partial charge >= 0.3 is 11.9 Å². The summed E-state index contributed by atoms with van der Waals surface area (Å²) >= 11 is 0. The summed E-state index contributed by atoms with van der Waals surface area (Å²) in [4.78, 5) is 20.7. The minimum Gasteiger partial charge on any atom is -0.463 e. The first-order valence-electron chi connectivity index (χ1n) is 10.1. The second-order valence-corrected chi connectivity index (χ2v) is 5.84. The van der Waals surface area contributed by atoms with Crippen molar-refractivity contribution in [3.63, 3.8) is 0 Å². The lowest BCUT2D eigenvalue weighted by molar-refractivity contribution is -0.143. The summed E-state index contributed by atoms with van der Waals surface area (Å²) in [6, 6.07) is 0. The van der Waals surface area contributed by atoms with Crippen molar-refractivity contribution < 1.29 is 38.0 Å². The van der Waals surface area contributed by atoms with Gasteiger partial charge in [-0.3, -0.25) is 9.59 Å². The molecule has 0 aromatic carbocycles. The van der Waals surface area contributed by atoms with E-state index in [2.05, 4.69) is 23.3 Å². The number of hydrogen-bond acceptors (Lipinski definition) is 8. The third kappa shape index (κ3) is 32.5. The fourth-order valence-electron chi connectivity index (χ4n) is 1.63. The molecule has 28 heavy (non-hydrogen) atoms. The summed E-state index contributed by atoms with van der Waals surface area (Å²) < 4.78 is 30.2. The molecule has 168 valence electrons. The molecule has 0 fully saturated rings. The van der Waals surface area contributed by atoms with Gasteiger partial charge in [-0.05, 0) is 12.8 Å². The molecule has 0 atom stereocenters. The second kappa shape index (κ2) is 25.8. The molecule has 0 unspecified atom stereocenters. The predicted molar refractivity (Wildman–Crippen MR) is 106 cm³/mol. The van der Waals surface area contributed by atoms with Crippen LogP contribution in [0.25, 0.3) is 0 Å². The van der Waals surface area contributed by atoms with E-state index in [-0.39, 0.29) is 11.9 Å². The summed E-state index contributed by atoms with van der Waals surface area (Å²) in [6.07, 6.45) is 4.47. The van der Waals surface area contributed by atoms with Gasteiger partial charge in [0, 0.05) is 27.1 Å². The summed E-state index contributed by atoms with van der Waals surface area (Å²) in [5, 5.41) is 0. The van der Waals surface area contributed by atoms with Crippen LogP contribution >= 0.6 is 0 Å². The first-order chi connectivity index (χ1) is 13.5. The van der Waals surface area contributed by atoms with E-state index in [1.807, 2.05) is 0 Å². The third-order valence-electron chi connectivity index (χ3n) is 3.09. The van der Waals surface area contributed by atoms with Crippen molar-refractivity contribution in [3.05, 3.63) is 0 Å². The average Bonchev–Trinajstić information content (AvgIpc) is 2.65. The van der Waals surface area contributed by atoms with Crippen molar-refractivity contribution >= 4 is 11.9 Å². The molecule has 0 saturated carbocycles. The van der Waals surface area contributed by atoms with E-state index in [4.69, 9.17) is 18.9 Å². The number of ether oxygens (including phenoxy) is 6. The first-order valence-corrected chi connectivity index (χ1v) is 10.1. The van der Waals surface area contributed by atoms with Crippen molar-refractivity contribution in [3.8, 4) is 0 Å². The number of esters is 2. The molecule has 0 aliphatic carbocycles. The standard InChI is InChI=1S/2C10H20O4/c2*1-3-4-5-12-6-7-13-8-9-14-10(2)11/h2*3-9H2,1-2H3. The molecular weight excluding hydrogens is 368 g/mol. The molecule has 0 aromatic heterocycles. The zero-order chi connectivity index (χ0) is 21.3. The Labute approximate surface area is 170 Å². The van der Waals surface area contributed by atoms with E-state index < -0.39 is 0 Å². The molecule has 0 saturated heterocycles. The Balaban J connectivity index is 0. The smallest absolute Gasteiger partial charge is 0.302 e. The second-order valence-electron chi connectivity index (χ2n) is 5.84. The number of hydrogen-bond donors (Lipinski definition) is 0. The molecule has 8 nitrogen and oxygen atoms in total. The summed E-state index contributed by atoms with van der Waals surface area (Å²) in [6.45, 7) is 12.5. The van der Waals surface area contributed by atoms with Gasteiger partial charge in [0.1, 0.15) is 13.2 Å². The van der Waals surface area contributed by atoms with Gasteiger partial charge in [-0.25, -0.2) is 0 Å². The lowest BCUT2D eigenvalue weighted by Gasteiger charge is -2.05. The van der Waals surface area contributed by atoms with Crippen molar-refractivity contribution in [2.45, 2.75) is 53.4 Å². The highest BCUT2D eigenvalue weighted by Gasteiger charge is 1.94. The largest absolute Gasteiger partial charge is 0.463 e. The minimum absolute atomic E-state index is 0.271. The lowest BCUT2D eigenvalue weighted by Crippen LogP contribution is -2.11. The highest BCUT2D eigenvalue weighted by atomic mass is 16.6. The van der Waals surface area contributed by atoms with Gasteiger partial charge in [-0.2, -0.15) is 0 Å². The molecule has 0 rings (SSSR count). The van der Waals surface area contributed by atoms with Crippen LogP contribution in [0.3, 0.4) is 0 Å². The molecule has 0 aliphatic rings. The Bertz CT molecular complexity index is 304. The number of carbonyl (C=O) groups is 2. The summed E-state index contributed by atoms with van der Waals surface area (Å²) in [7, 11) is 0. The fraction of sp³-hybridized carbons (Fsp3) is 0.900. The SMILES string of the molecule is CCCCOCCOCCOC(C)=O.CCCCOCCOCCOC(C)=O. The first kappa shape index (κ1) is 29.0. The number of rotatable bonds is 18. The molecule has 8 heteroatoms. The highest BCUT2D eigenvalue weighted by Crippen LogP contribution is 1.89. The molecule has 0 aliphatic heterocycles. The summed E-state index contributed by atoms with van der Waals surface area (Å²) in [5.74, 6) is -0.541. The zero-order valence-electron chi connectivity index (χ0n) is 18.2. The predicted octanol–water partition coefficient (Wildman–Crippen LogP) is 2.77. The van der Waals surface area contributed by atoms with Crippen molar-refractivity contribution in [2.24, 2.45) is 0 Å². The van der Waals surface area contributed by atoms with Crippen LogP contribution in [0.15, 0.2) is 0 Å². The van der Waals surface area contributed by atoms with Crippen molar-refractivity contribution in [2.75, 3.05) is 66.1 Å². The maximum Gasteiger partial charge on any atom is 0.302 e. The van der Waals surface area contributed by atoms with Crippen LogP contribution in [0.4, 0.5) is 0 Å². The van der Waals surface area contributed by atoms with Crippen LogP contribution < -0.4 is 0 Å². The fourth-order valence-corrected chi connectivity index (χ4v) is 1.63. The van der Waals surface area contributed by atoms with E-state index >= 15 is 0 Å². The van der Waals surface area contributed by atoms with Crippen LogP contribution in [0.5, 0.6) is 0 Å². The third-order valence-corrected chi connectivity index (χ3v) is 3.09. The maximum atomic E-state index is 10.3. The van der Waals surface area contributed by atoms with Gasteiger partial charge in [0.05, 0.1) is 39.6 Å². The van der Waals surface area contributed by atoms with Crippen LogP contribution in [0, 0.1) is 0 Å². The van der Waals surface area contributed by atoms with E-state index in [1.54, 1.807) is 0 Å². The summed E-state index contributed by atoms with van der Waals surface area (Å²) in [5.41, 5.74) is 0. The normalized spacial score (nSPS) is 10.1. The van der Waals surface area contributed by atoms with Crippen molar-refractivity contribution in [1.82, 2.24) is 0 Å². The quantitative estimate of drug-likeness (QED) is 0.253. The molecule has 0 radical (unpaired) electrons. The lowest BCUT2D eigenvalue weighted by atomic mass is 10.4. The Morgan fingerprint density at radius 1 is 0.500 bits per heavy atom. The van der Waals surface area contributed by atoms with Crippen LogP contribution in [-0.2, 0) is 38.0 Å². The average molecular weight is 409 g/mol. The number of unbranched alkanes of at least 4 members (excludes halogenated alkanes) is 2. The molecule has 0 spiro atoms. The van der Waals surface area contributed by atoms with Crippen molar-refractivity contribution in [1.29, 1.82) is 0 Å². The zero-order valence-corrected chi connectivity index (χ0v) is 18.2. The molecule has 0 aromatic rings. The highest BCUT2D eigenvalue weighted by molar-refractivity contribution is 5.66. The van der Waals surface area contributed by atoms with Gasteiger partial charge in [-0.15, -0.1) is 0 Å². The van der Waals surface area contributed by atoms with E-state index in [1.165, 1.54) is 13.8 Å². The topological polar surface area (TPSA) is 89.5 Å². The monoisotopic (exact) mass is 408 g/mol. The maximum absolute atomic E-state index is 10.3. The Morgan fingerprint density at radius 2 is 0.786 bits per heavy atom. The molecule has 0 amide bonds. The van der Waals surface area contributed by atoms with Crippen LogP contribution in [0.1, 0.15) is 53.4 Å². The Kier molecular flexibility index (Phi) is 26.7.